The Kier molecular flexibility index (Phi) is 5.52. The Balaban J connectivity index is 1.72. The van der Waals surface area contributed by atoms with Crippen LogP contribution < -0.4 is 4.74 Å². The van der Waals surface area contributed by atoms with Crippen molar-refractivity contribution in [2.45, 2.75) is 63.6 Å². The SMILES string of the molecule is O=C(Oc1ccccc1)P(=O)(OC1CCCC1)OC1CCCC1. The minimum Gasteiger partial charge on any atom is -0.417 e. The van der Waals surface area contributed by atoms with Crippen molar-refractivity contribution in [3.63, 3.8) is 0 Å². The van der Waals surface area contributed by atoms with Gasteiger partial charge in [0.05, 0.1) is 12.2 Å². The lowest BCUT2D eigenvalue weighted by atomic mass is 10.3. The first-order chi connectivity index (χ1) is 11.2. The van der Waals surface area contributed by atoms with E-state index >= 15 is 0 Å². The van der Waals surface area contributed by atoms with E-state index < -0.39 is 13.3 Å². The molecule has 126 valence electrons. The van der Waals surface area contributed by atoms with E-state index in [0.717, 1.165) is 51.4 Å². The van der Waals surface area contributed by atoms with Crippen LogP contribution in [0.4, 0.5) is 4.79 Å². The smallest absolute Gasteiger partial charge is 0.417 e. The van der Waals surface area contributed by atoms with Gasteiger partial charge in [0.1, 0.15) is 5.75 Å². The molecule has 23 heavy (non-hydrogen) atoms. The van der Waals surface area contributed by atoms with Crippen LogP contribution in [0.5, 0.6) is 5.75 Å². The fraction of sp³-hybridized carbons (Fsp3) is 0.588. The van der Waals surface area contributed by atoms with Gasteiger partial charge in [0.15, 0.2) is 0 Å². The van der Waals surface area contributed by atoms with E-state index in [1.165, 1.54) is 0 Å². The Morgan fingerprint density at radius 3 is 1.83 bits per heavy atom. The molecule has 0 radical (unpaired) electrons. The summed E-state index contributed by atoms with van der Waals surface area (Å²) in [5.41, 5.74) is -0.900. The third kappa shape index (κ3) is 4.43. The second-order valence-corrected chi connectivity index (χ2v) is 7.98. The van der Waals surface area contributed by atoms with Crippen molar-refractivity contribution in [2.75, 3.05) is 0 Å². The van der Waals surface area contributed by atoms with Gasteiger partial charge in [-0.15, -0.1) is 0 Å². The van der Waals surface area contributed by atoms with Crippen molar-refractivity contribution in [2.24, 2.45) is 0 Å². The van der Waals surface area contributed by atoms with Crippen LogP contribution in [0.2, 0.25) is 0 Å². The van der Waals surface area contributed by atoms with E-state index in [2.05, 4.69) is 0 Å². The Bertz CT molecular complexity index is 540. The molecule has 1 aromatic carbocycles. The zero-order valence-corrected chi connectivity index (χ0v) is 14.1. The Hall–Kier alpha value is -1.16. The first kappa shape index (κ1) is 16.7. The molecule has 0 amide bonds. The van der Waals surface area contributed by atoms with Crippen molar-refractivity contribution in [3.05, 3.63) is 30.3 Å². The second-order valence-electron chi connectivity index (χ2n) is 6.20. The van der Waals surface area contributed by atoms with E-state index in [9.17, 15) is 9.36 Å². The van der Waals surface area contributed by atoms with Crippen LogP contribution in [0.1, 0.15) is 51.4 Å². The highest BCUT2D eigenvalue weighted by molar-refractivity contribution is 7.71. The Morgan fingerprint density at radius 2 is 1.35 bits per heavy atom. The van der Waals surface area contributed by atoms with E-state index in [4.69, 9.17) is 13.8 Å². The summed E-state index contributed by atoms with van der Waals surface area (Å²) in [6, 6.07) is 8.62. The van der Waals surface area contributed by atoms with Crippen LogP contribution >= 0.6 is 7.60 Å². The van der Waals surface area contributed by atoms with Crippen molar-refractivity contribution >= 4 is 13.3 Å². The number of para-hydroxylation sites is 1. The van der Waals surface area contributed by atoms with Gasteiger partial charge in [0.2, 0.25) is 0 Å². The van der Waals surface area contributed by atoms with Gasteiger partial charge in [-0.1, -0.05) is 43.9 Å². The molecule has 2 aliphatic carbocycles. The summed E-state index contributed by atoms with van der Waals surface area (Å²) >= 11 is 0. The molecule has 2 aliphatic rings. The highest BCUT2D eigenvalue weighted by Gasteiger charge is 2.43. The molecule has 6 heteroatoms. The molecule has 0 spiro atoms. The average molecular weight is 338 g/mol. The molecule has 0 N–H and O–H groups in total. The maximum absolute atomic E-state index is 13.1. The van der Waals surface area contributed by atoms with E-state index in [-0.39, 0.29) is 12.2 Å². The lowest BCUT2D eigenvalue weighted by Crippen LogP contribution is -2.19. The molecule has 0 saturated heterocycles. The summed E-state index contributed by atoms with van der Waals surface area (Å²) in [5, 5.41) is 0. The standard InChI is InChI=1S/C17H23O5P/c18-17(20-14-8-2-1-3-9-14)23(19,21-15-10-4-5-11-15)22-16-12-6-7-13-16/h1-3,8-9,15-16H,4-7,10-13H2. The number of benzene rings is 1. The third-order valence-corrected chi connectivity index (χ3v) is 6.04. The topological polar surface area (TPSA) is 61.8 Å². The molecule has 3 rings (SSSR count). The van der Waals surface area contributed by atoms with E-state index in [1.54, 1.807) is 24.3 Å². The number of hydrogen-bond acceptors (Lipinski definition) is 5. The average Bonchev–Trinajstić information content (AvgIpc) is 3.22. The molecule has 0 aliphatic heterocycles. The van der Waals surface area contributed by atoms with Crippen LogP contribution in [-0.2, 0) is 13.6 Å². The fourth-order valence-corrected chi connectivity index (χ4v) is 4.78. The molecule has 1 aromatic rings. The Morgan fingerprint density at radius 1 is 0.870 bits per heavy atom. The van der Waals surface area contributed by atoms with Gasteiger partial charge in [-0.25, -0.2) is 9.36 Å². The molecule has 0 atom stereocenters. The second kappa shape index (κ2) is 7.61. The van der Waals surface area contributed by atoms with Crippen molar-refractivity contribution < 1.29 is 23.1 Å². The molecule has 2 fully saturated rings. The van der Waals surface area contributed by atoms with Crippen LogP contribution in [-0.4, -0.2) is 17.9 Å². The number of rotatable bonds is 6. The number of carbonyl (C=O) groups is 1. The first-order valence-corrected chi connectivity index (χ1v) is 9.94. The van der Waals surface area contributed by atoms with E-state index in [0.29, 0.717) is 5.75 Å². The maximum atomic E-state index is 13.1. The van der Waals surface area contributed by atoms with Gasteiger partial charge < -0.3 is 4.74 Å². The number of hydrogen-bond donors (Lipinski definition) is 0. The fourth-order valence-electron chi connectivity index (χ4n) is 3.14. The molecule has 0 aromatic heterocycles. The molecule has 0 heterocycles. The summed E-state index contributed by atoms with van der Waals surface area (Å²) in [6.07, 6.45) is 7.03. The zero-order valence-electron chi connectivity index (χ0n) is 13.2. The highest BCUT2D eigenvalue weighted by Crippen LogP contribution is 2.55. The minimum atomic E-state index is -3.94. The first-order valence-electron chi connectivity index (χ1n) is 8.40. The van der Waals surface area contributed by atoms with Gasteiger partial charge in [0, 0.05) is 0 Å². The predicted molar refractivity (Wildman–Crippen MR) is 86.8 cm³/mol. The lowest BCUT2D eigenvalue weighted by molar-refractivity contribution is 0.113. The van der Waals surface area contributed by atoms with Gasteiger partial charge >= 0.3 is 13.3 Å². The van der Waals surface area contributed by atoms with Crippen LogP contribution in [0, 0.1) is 0 Å². The summed E-state index contributed by atoms with van der Waals surface area (Å²) in [4.78, 5) is 12.5. The molecular formula is C17H23O5P. The van der Waals surface area contributed by atoms with E-state index in [1.807, 2.05) is 6.07 Å². The summed E-state index contributed by atoms with van der Waals surface area (Å²) in [6.45, 7) is 0. The molecule has 0 unspecified atom stereocenters. The molecular weight excluding hydrogens is 315 g/mol. The largest absolute Gasteiger partial charge is 0.439 e. The molecule has 2 saturated carbocycles. The zero-order chi connectivity index (χ0) is 16.1. The van der Waals surface area contributed by atoms with Crippen LogP contribution in [0.15, 0.2) is 30.3 Å². The summed E-state index contributed by atoms with van der Waals surface area (Å²) in [7, 11) is -3.94. The van der Waals surface area contributed by atoms with Gasteiger partial charge in [-0.05, 0) is 37.8 Å². The predicted octanol–water partition coefficient (Wildman–Crippen LogP) is 5.30. The highest BCUT2D eigenvalue weighted by atomic mass is 31.2. The van der Waals surface area contributed by atoms with Gasteiger partial charge in [-0.3, -0.25) is 9.05 Å². The lowest BCUT2D eigenvalue weighted by Gasteiger charge is -2.23. The quantitative estimate of drug-likeness (QED) is 0.659. The van der Waals surface area contributed by atoms with Gasteiger partial charge in [-0.2, -0.15) is 0 Å². The van der Waals surface area contributed by atoms with Crippen LogP contribution in [0.3, 0.4) is 0 Å². The van der Waals surface area contributed by atoms with Crippen molar-refractivity contribution in [1.29, 1.82) is 0 Å². The monoisotopic (exact) mass is 338 g/mol. The van der Waals surface area contributed by atoms with Crippen LogP contribution in [0.25, 0.3) is 0 Å². The number of ether oxygens (including phenoxy) is 1. The summed E-state index contributed by atoms with van der Waals surface area (Å²) < 4.78 is 29.7. The normalized spacial score (nSPS) is 20.0. The maximum Gasteiger partial charge on any atom is 0.439 e. The summed E-state index contributed by atoms with van der Waals surface area (Å²) in [5.74, 6) is 0.350. The molecule has 5 nitrogen and oxygen atoms in total. The minimum absolute atomic E-state index is 0.175. The van der Waals surface area contributed by atoms with Gasteiger partial charge in [0.25, 0.3) is 0 Å². The Labute approximate surface area is 136 Å². The number of carbonyl (C=O) groups excluding carboxylic acids is 1. The molecule has 0 bridgehead atoms. The third-order valence-electron chi connectivity index (χ3n) is 4.35. The van der Waals surface area contributed by atoms with Crippen molar-refractivity contribution in [3.8, 4) is 5.75 Å². The van der Waals surface area contributed by atoms with Crippen molar-refractivity contribution in [1.82, 2.24) is 0 Å².